The summed E-state index contributed by atoms with van der Waals surface area (Å²) < 4.78 is 2.03. The van der Waals surface area contributed by atoms with Gasteiger partial charge in [-0.2, -0.15) is 0 Å². The molecule has 1 amide bonds. The molecule has 0 saturated heterocycles. The predicted molar refractivity (Wildman–Crippen MR) is 69.3 cm³/mol. The van der Waals surface area contributed by atoms with Gasteiger partial charge in [-0.15, -0.1) is 0 Å². The Labute approximate surface area is 105 Å². The Morgan fingerprint density at radius 2 is 2.22 bits per heavy atom. The first-order valence-corrected chi connectivity index (χ1v) is 5.94. The molecule has 2 aromatic rings. The van der Waals surface area contributed by atoms with Crippen LogP contribution in [-0.2, 0) is 0 Å². The number of rotatable bonds is 3. The van der Waals surface area contributed by atoms with Crippen LogP contribution < -0.4 is 11.1 Å². The third-order valence-corrected chi connectivity index (χ3v) is 3.00. The molecule has 0 atom stereocenters. The molecule has 1 aliphatic rings. The van der Waals surface area contributed by atoms with E-state index in [9.17, 15) is 4.79 Å². The number of carbonyl (C=O) groups is 1. The molecule has 5 heteroatoms. The number of carbonyl (C=O) groups excluding carboxylic acids is 1. The molecule has 0 aromatic carbocycles. The zero-order valence-corrected chi connectivity index (χ0v) is 9.84. The largest absolute Gasteiger partial charge is 0.384 e. The van der Waals surface area contributed by atoms with E-state index in [4.69, 9.17) is 5.73 Å². The van der Waals surface area contributed by atoms with Gasteiger partial charge in [0.25, 0.3) is 5.91 Å². The highest BCUT2D eigenvalue weighted by atomic mass is 16.1. The second-order valence-electron chi connectivity index (χ2n) is 4.46. The van der Waals surface area contributed by atoms with Crippen molar-refractivity contribution in [2.75, 3.05) is 11.1 Å². The molecule has 1 fully saturated rings. The molecule has 0 spiro atoms. The monoisotopic (exact) mass is 242 g/mol. The van der Waals surface area contributed by atoms with E-state index in [1.165, 1.54) is 0 Å². The van der Waals surface area contributed by atoms with Crippen LogP contribution in [-0.4, -0.2) is 15.5 Å². The molecule has 18 heavy (non-hydrogen) atoms. The fourth-order valence-electron chi connectivity index (χ4n) is 1.93. The summed E-state index contributed by atoms with van der Waals surface area (Å²) in [6.45, 7) is 0. The van der Waals surface area contributed by atoms with Crippen molar-refractivity contribution in [3.05, 3.63) is 42.4 Å². The Kier molecular flexibility index (Phi) is 2.51. The first-order chi connectivity index (χ1) is 8.74. The predicted octanol–water partition coefficient (Wildman–Crippen LogP) is 2.05. The van der Waals surface area contributed by atoms with Crippen molar-refractivity contribution >= 4 is 17.4 Å². The number of aromatic nitrogens is 2. The summed E-state index contributed by atoms with van der Waals surface area (Å²) >= 11 is 0. The first-order valence-electron chi connectivity index (χ1n) is 5.94. The van der Waals surface area contributed by atoms with Gasteiger partial charge in [-0.3, -0.25) is 4.79 Å². The molecular weight excluding hydrogens is 228 g/mol. The Morgan fingerprint density at radius 1 is 1.39 bits per heavy atom. The molecule has 1 saturated carbocycles. The molecule has 0 aliphatic heterocycles. The fourth-order valence-corrected chi connectivity index (χ4v) is 1.93. The maximum absolute atomic E-state index is 12.1. The van der Waals surface area contributed by atoms with Crippen molar-refractivity contribution in [3.63, 3.8) is 0 Å². The number of nitrogens with one attached hydrogen (secondary N) is 1. The lowest BCUT2D eigenvalue weighted by Crippen LogP contribution is -2.16. The van der Waals surface area contributed by atoms with E-state index < -0.39 is 0 Å². The number of nitrogen functional groups attached to an aromatic ring is 1. The topological polar surface area (TPSA) is 72.9 Å². The molecule has 1 aliphatic carbocycles. The van der Waals surface area contributed by atoms with Crippen LogP contribution in [0.1, 0.15) is 29.4 Å². The zero-order valence-electron chi connectivity index (χ0n) is 9.84. The van der Waals surface area contributed by atoms with E-state index in [2.05, 4.69) is 10.3 Å². The second-order valence-corrected chi connectivity index (χ2v) is 4.46. The van der Waals surface area contributed by atoms with E-state index in [0.29, 0.717) is 23.2 Å². The van der Waals surface area contributed by atoms with Gasteiger partial charge < -0.3 is 15.6 Å². The highest BCUT2D eigenvalue weighted by molar-refractivity contribution is 6.03. The number of nitrogens with zero attached hydrogens (tertiary/aromatic N) is 2. The van der Waals surface area contributed by atoms with Crippen molar-refractivity contribution < 1.29 is 4.79 Å². The molecule has 92 valence electrons. The third kappa shape index (κ3) is 2.07. The number of hydrogen-bond donors (Lipinski definition) is 2. The maximum Gasteiger partial charge on any atom is 0.272 e. The van der Waals surface area contributed by atoms with Gasteiger partial charge in [-0.1, -0.05) is 0 Å². The summed E-state index contributed by atoms with van der Waals surface area (Å²) in [4.78, 5) is 16.1. The SMILES string of the molecule is Nc1ccc(NC(=O)c2cccn2C2CC2)cn1. The molecule has 0 radical (unpaired) electrons. The van der Waals surface area contributed by atoms with Crippen LogP contribution >= 0.6 is 0 Å². The lowest BCUT2D eigenvalue weighted by molar-refractivity contribution is 0.101. The summed E-state index contributed by atoms with van der Waals surface area (Å²) in [5.74, 6) is 0.327. The molecule has 0 bridgehead atoms. The number of hydrogen-bond acceptors (Lipinski definition) is 3. The van der Waals surface area contributed by atoms with E-state index in [-0.39, 0.29) is 5.91 Å². The van der Waals surface area contributed by atoms with Crippen LogP contribution in [0.25, 0.3) is 0 Å². The maximum atomic E-state index is 12.1. The average Bonchev–Trinajstić information content (AvgIpc) is 3.09. The molecule has 5 nitrogen and oxygen atoms in total. The van der Waals surface area contributed by atoms with Crippen LogP contribution in [0.2, 0.25) is 0 Å². The van der Waals surface area contributed by atoms with Crippen LogP contribution in [0.5, 0.6) is 0 Å². The van der Waals surface area contributed by atoms with Crippen molar-refractivity contribution in [3.8, 4) is 0 Å². The van der Waals surface area contributed by atoms with Gasteiger partial charge in [0.15, 0.2) is 0 Å². The van der Waals surface area contributed by atoms with Crippen LogP contribution in [0.4, 0.5) is 11.5 Å². The van der Waals surface area contributed by atoms with Gasteiger partial charge in [-0.05, 0) is 37.1 Å². The van der Waals surface area contributed by atoms with Crippen LogP contribution in [0.3, 0.4) is 0 Å². The molecule has 3 N–H and O–H groups in total. The minimum atomic E-state index is -0.113. The van der Waals surface area contributed by atoms with E-state index in [1.54, 1.807) is 18.3 Å². The van der Waals surface area contributed by atoms with Gasteiger partial charge in [0.2, 0.25) is 0 Å². The summed E-state index contributed by atoms with van der Waals surface area (Å²) in [5, 5.41) is 2.82. The van der Waals surface area contributed by atoms with Crippen molar-refractivity contribution in [2.24, 2.45) is 0 Å². The summed E-state index contributed by atoms with van der Waals surface area (Å²) in [6, 6.07) is 7.62. The van der Waals surface area contributed by atoms with E-state index in [0.717, 1.165) is 12.8 Å². The fraction of sp³-hybridized carbons (Fsp3) is 0.231. The Morgan fingerprint density at radius 3 is 2.89 bits per heavy atom. The van der Waals surface area contributed by atoms with Crippen LogP contribution in [0.15, 0.2) is 36.7 Å². The number of nitrogens with two attached hydrogens (primary N) is 1. The van der Waals surface area contributed by atoms with E-state index in [1.807, 2.05) is 22.9 Å². The molecule has 3 rings (SSSR count). The van der Waals surface area contributed by atoms with Gasteiger partial charge >= 0.3 is 0 Å². The summed E-state index contributed by atoms with van der Waals surface area (Å²) in [5.41, 5.74) is 6.84. The lowest BCUT2D eigenvalue weighted by atomic mass is 10.3. The van der Waals surface area contributed by atoms with Crippen molar-refractivity contribution in [2.45, 2.75) is 18.9 Å². The van der Waals surface area contributed by atoms with Crippen LogP contribution in [0, 0.1) is 0 Å². The highest BCUT2D eigenvalue weighted by Crippen LogP contribution is 2.36. The van der Waals surface area contributed by atoms with E-state index >= 15 is 0 Å². The lowest BCUT2D eigenvalue weighted by Gasteiger charge is -2.08. The quantitative estimate of drug-likeness (QED) is 0.865. The van der Waals surface area contributed by atoms with Gasteiger partial charge in [0.1, 0.15) is 11.5 Å². The number of amides is 1. The minimum absolute atomic E-state index is 0.113. The zero-order chi connectivity index (χ0) is 12.5. The third-order valence-electron chi connectivity index (χ3n) is 3.00. The number of pyridine rings is 1. The standard InChI is InChI=1S/C13H14N4O/c14-12-6-3-9(8-15-12)16-13(18)11-2-1-7-17(11)10-4-5-10/h1-3,6-8,10H,4-5H2,(H2,14,15)(H,16,18). The van der Waals surface area contributed by atoms with Gasteiger partial charge in [0, 0.05) is 12.2 Å². The Balaban J connectivity index is 1.78. The Bertz CT molecular complexity index is 569. The molecule has 2 aromatic heterocycles. The highest BCUT2D eigenvalue weighted by Gasteiger charge is 2.26. The normalized spacial score (nSPS) is 14.4. The van der Waals surface area contributed by atoms with Gasteiger partial charge in [0.05, 0.1) is 11.9 Å². The first kappa shape index (κ1) is 10.8. The van der Waals surface area contributed by atoms with Crippen molar-refractivity contribution in [1.29, 1.82) is 0 Å². The smallest absolute Gasteiger partial charge is 0.272 e. The second kappa shape index (κ2) is 4.18. The Hall–Kier alpha value is -2.30. The number of anilines is 2. The molecule has 0 unspecified atom stereocenters. The average molecular weight is 242 g/mol. The minimum Gasteiger partial charge on any atom is -0.384 e. The van der Waals surface area contributed by atoms with Gasteiger partial charge in [-0.25, -0.2) is 4.98 Å². The summed E-state index contributed by atoms with van der Waals surface area (Å²) in [7, 11) is 0. The molecular formula is C13H14N4O. The summed E-state index contributed by atoms with van der Waals surface area (Å²) in [6.07, 6.45) is 5.81. The van der Waals surface area contributed by atoms with Crippen molar-refractivity contribution in [1.82, 2.24) is 9.55 Å². The molecule has 2 heterocycles.